The summed E-state index contributed by atoms with van der Waals surface area (Å²) < 4.78 is 17.1. The Balaban J connectivity index is 0.000000155. The Bertz CT molecular complexity index is 3700. The Morgan fingerprint density at radius 1 is 0.622 bits per heavy atom. The maximum absolute atomic E-state index is 8.91. The molecule has 0 bridgehead atoms. The molecule has 11 heterocycles. The fourth-order valence-corrected chi connectivity index (χ4v) is 12.5. The summed E-state index contributed by atoms with van der Waals surface area (Å²) in [5.41, 5.74) is 31.9. The third-order valence-electron chi connectivity index (χ3n) is 13.9. The molecule has 12 rings (SSSR count). The number of thioether (sulfide) groups is 2. The molecule has 1 aromatic carbocycles. The third kappa shape index (κ3) is 17.8. The van der Waals surface area contributed by atoms with Gasteiger partial charge in [0.25, 0.3) is 0 Å². The highest BCUT2D eigenvalue weighted by molar-refractivity contribution is 8.03. The van der Waals surface area contributed by atoms with Crippen LogP contribution in [0.4, 0.5) is 17.5 Å². The van der Waals surface area contributed by atoms with Gasteiger partial charge in [-0.1, -0.05) is 39.0 Å². The van der Waals surface area contributed by atoms with Gasteiger partial charge in [0.15, 0.2) is 10.1 Å². The number of amidine groups is 2. The molecule has 0 unspecified atom stereocenters. The van der Waals surface area contributed by atoms with Gasteiger partial charge < -0.3 is 56.7 Å². The smallest absolute Gasteiger partial charge is 0.399 e. The molecule has 468 valence electrons. The lowest BCUT2D eigenvalue weighted by Crippen LogP contribution is -2.41. The van der Waals surface area contributed by atoms with Crippen LogP contribution in [0.5, 0.6) is 0 Å². The summed E-state index contributed by atoms with van der Waals surface area (Å²) in [5, 5.41) is 11.7. The maximum Gasteiger partial charge on any atom is 0.549 e. The summed E-state index contributed by atoms with van der Waals surface area (Å²) in [5.74, 6) is 5.52. The first-order chi connectivity index (χ1) is 43.8. The number of aromatic nitrogens is 6. The second-order valence-corrected chi connectivity index (χ2v) is 23.3. The highest BCUT2D eigenvalue weighted by atomic mass is 32.2. The summed E-state index contributed by atoms with van der Waals surface area (Å²) in [6.07, 6.45) is 7.46. The lowest BCUT2D eigenvalue weighted by molar-refractivity contribution is 0.0574. The molecule has 0 amide bonds. The summed E-state index contributed by atoms with van der Waals surface area (Å²) in [6.45, 7) is 45.3. The van der Waals surface area contributed by atoms with Crippen LogP contribution in [0.3, 0.4) is 0 Å². The van der Waals surface area contributed by atoms with Crippen molar-refractivity contribution in [2.24, 2.45) is 25.7 Å². The van der Waals surface area contributed by atoms with Gasteiger partial charge in [-0.2, -0.15) is 24.6 Å². The molecule has 3 saturated heterocycles. The molecule has 5 aromatic rings. The van der Waals surface area contributed by atoms with Crippen LogP contribution in [-0.4, -0.2) is 184 Å². The predicted octanol–water partition coefficient (Wildman–Crippen LogP) is 7.60. The van der Waals surface area contributed by atoms with Crippen LogP contribution in [0.1, 0.15) is 78.7 Å². The van der Waals surface area contributed by atoms with Crippen molar-refractivity contribution in [3.05, 3.63) is 167 Å². The number of aliphatic imine (C=N–C) groups is 4. The fourth-order valence-electron chi connectivity index (χ4n) is 9.53. The number of ether oxygens (including phenoxy) is 3. The Hall–Kier alpha value is -9.25. The molecule has 29 heteroatoms. The Kier molecular flexibility index (Phi) is 26.6. The molecule has 90 heavy (non-hydrogen) atoms. The molecule has 0 saturated carbocycles. The number of hydrogen-bond acceptors (Lipinski definition) is 25. The van der Waals surface area contributed by atoms with Crippen LogP contribution in [0.2, 0.25) is 0 Å². The molecule has 7 aliphatic heterocycles. The number of nitrogens with zero attached hydrogens (tertiary/aromatic N) is 19. The minimum atomic E-state index is 0.170. The number of nitrogen functional groups attached to an aromatic ring is 3. The molecule has 26 nitrogen and oxygen atoms in total. The molecule has 8 N–H and O–H groups in total. The molecule has 0 radical (unpaired) electrons. The van der Waals surface area contributed by atoms with Gasteiger partial charge in [-0.05, 0) is 48.3 Å². The van der Waals surface area contributed by atoms with E-state index in [1.807, 2.05) is 31.1 Å². The first-order valence-electron chi connectivity index (χ1n) is 29.1. The fraction of sp³-hybridized carbons (Fsp3) is 0.426. The first-order valence-corrected chi connectivity index (χ1v) is 31.9. The van der Waals surface area contributed by atoms with E-state index >= 15 is 0 Å². The third-order valence-corrected chi connectivity index (χ3v) is 17.7. The van der Waals surface area contributed by atoms with Gasteiger partial charge in [0.1, 0.15) is 86.0 Å². The summed E-state index contributed by atoms with van der Waals surface area (Å²) in [7, 11) is 3.71. The number of rotatable bonds is 10. The van der Waals surface area contributed by atoms with E-state index in [1.54, 1.807) is 34.9 Å². The normalized spacial score (nSPS) is 15.6. The first kappa shape index (κ1) is 68.2. The van der Waals surface area contributed by atoms with E-state index in [-0.39, 0.29) is 11.6 Å². The molecular formula is C61H73N23O3S3. The monoisotopic (exact) mass is 1270 g/mol. The van der Waals surface area contributed by atoms with E-state index in [0.29, 0.717) is 81.3 Å². The van der Waals surface area contributed by atoms with Gasteiger partial charge in [0.2, 0.25) is 0 Å². The molecular weight excluding hydrogens is 1200 g/mol. The quantitative estimate of drug-likeness (QED) is 0.0978. The molecule has 0 atom stereocenters. The standard InChI is InChI=1S/C14H10N4S.C11H15N3OS.C10H13N5O.C9H12N4O.C9H13N3S.C8H10N4/c15-14-12-9(17-7-18-14)6-16-13(12)11-5-8-3-1-2-4-10(8)19-11;1-4-9-16-11(10(12-2)13-3)14-5-7-15-8-6-14;11-9-8-7(13-6-14-9)5-12-10(8)15-1-3-16-4-2-15;10-5-7-8(11)6-12-9(7)13-1-3-14-4-2-13;1-6-7-13-9(12(4)5)8(10-2)11-3;1-2-5-7-6(3-10-5)11-4-12-8(7)9/h1-5,7H,6H2,(H2,15,17,18);4-9H2,1H3;6H,1-5H2,(H2,11,13,14);1-4,6,11H2;6-7H2,1,4-5H3;4H,2-3H2,1H3,(H2,9,11,12). The Morgan fingerprint density at radius 2 is 1.12 bits per heavy atom. The summed E-state index contributed by atoms with van der Waals surface area (Å²) in [4.78, 5) is 64.5. The van der Waals surface area contributed by atoms with Crippen LogP contribution in [0.25, 0.3) is 29.5 Å². The second kappa shape index (κ2) is 35.1. The van der Waals surface area contributed by atoms with Gasteiger partial charge in [-0.15, -0.1) is 34.9 Å². The number of morpholine rings is 3. The SMILES string of the molecule is CCC1=NCc2ncnc(N)c21.N#CC1=C(N)CN=C1N1CCOCC1.Nc1ncnc2c1C(N1CCOCC1)=NC2.Nc1ncnc2c1C(c1cc3ccccc3s1)=NC2.[C-]#[N+]C([N+]#[C-])=C(SCCC)N(C)C.[C-]#[N+]C([N+]#[C-])=C(SCCC)N1CCOCC1. The predicted molar refractivity (Wildman–Crippen MR) is 357 cm³/mol. The van der Waals surface area contributed by atoms with E-state index in [0.717, 1.165) is 155 Å². The Labute approximate surface area is 537 Å². The number of nitrogens with two attached hydrogens (primary N) is 4. The topological polar surface area (TPSA) is 313 Å². The second-order valence-electron chi connectivity index (χ2n) is 20.1. The van der Waals surface area contributed by atoms with Crippen molar-refractivity contribution in [1.82, 2.24) is 49.5 Å². The lowest BCUT2D eigenvalue weighted by atomic mass is 10.1. The zero-order valence-corrected chi connectivity index (χ0v) is 53.7. The summed E-state index contributed by atoms with van der Waals surface area (Å²) >= 11 is 4.90. The zero-order chi connectivity index (χ0) is 64.4. The molecule has 0 aliphatic carbocycles. The van der Waals surface area contributed by atoms with Gasteiger partial charge in [0.05, 0.1) is 116 Å². The van der Waals surface area contributed by atoms with Gasteiger partial charge in [-0.3, -0.25) is 20.0 Å². The number of hydrogen-bond donors (Lipinski definition) is 4. The van der Waals surface area contributed by atoms with Crippen LogP contribution in [-0.2, 0) is 33.8 Å². The maximum atomic E-state index is 8.91. The molecule has 3 fully saturated rings. The number of nitriles is 1. The van der Waals surface area contributed by atoms with Crippen molar-refractivity contribution in [2.45, 2.75) is 59.7 Å². The minimum Gasteiger partial charge on any atom is -0.399 e. The van der Waals surface area contributed by atoms with Crippen LogP contribution in [0, 0.1) is 37.6 Å². The number of thiophene rings is 1. The van der Waals surface area contributed by atoms with E-state index in [9.17, 15) is 0 Å². The van der Waals surface area contributed by atoms with E-state index in [2.05, 4.69) is 129 Å². The largest absolute Gasteiger partial charge is 0.549 e. The van der Waals surface area contributed by atoms with Crippen molar-refractivity contribution in [3.63, 3.8) is 0 Å². The van der Waals surface area contributed by atoms with Crippen molar-refractivity contribution in [2.75, 3.05) is 128 Å². The molecule has 7 aliphatic rings. The Morgan fingerprint density at radius 3 is 1.68 bits per heavy atom. The molecule has 0 spiro atoms. The van der Waals surface area contributed by atoms with E-state index < -0.39 is 0 Å². The van der Waals surface area contributed by atoms with Crippen LogP contribution in [0.15, 0.2) is 102 Å². The van der Waals surface area contributed by atoms with Gasteiger partial charge in [-0.25, -0.2) is 29.9 Å². The highest BCUT2D eigenvalue weighted by Crippen LogP contribution is 2.33. The number of fused-ring (bicyclic) bond motifs is 4. The van der Waals surface area contributed by atoms with E-state index in [4.69, 9.17) is 68.7 Å². The van der Waals surface area contributed by atoms with Crippen molar-refractivity contribution < 1.29 is 14.2 Å². The van der Waals surface area contributed by atoms with Crippen molar-refractivity contribution in [1.29, 1.82) is 5.26 Å². The number of benzene rings is 1. The minimum absolute atomic E-state index is 0.170. The van der Waals surface area contributed by atoms with Gasteiger partial charge >= 0.3 is 11.6 Å². The van der Waals surface area contributed by atoms with Crippen molar-refractivity contribution >= 4 is 85.5 Å². The van der Waals surface area contributed by atoms with Crippen LogP contribution < -0.4 is 22.9 Å². The zero-order valence-electron chi connectivity index (χ0n) is 51.2. The summed E-state index contributed by atoms with van der Waals surface area (Å²) in [6, 6.07) is 12.6. The van der Waals surface area contributed by atoms with Crippen molar-refractivity contribution in [3.8, 4) is 6.07 Å². The average Bonchev–Trinajstić information content (AvgIpc) is 2.06. The highest BCUT2D eigenvalue weighted by Gasteiger charge is 2.29. The van der Waals surface area contributed by atoms with Gasteiger partial charge in [0, 0.05) is 63.8 Å². The molecule has 4 aromatic heterocycles. The lowest BCUT2D eigenvalue weighted by Gasteiger charge is -2.29. The van der Waals surface area contributed by atoms with E-state index in [1.165, 1.54) is 29.1 Å². The van der Waals surface area contributed by atoms with Crippen LogP contribution >= 0.6 is 34.9 Å². The average molecular weight is 1270 g/mol. The number of anilines is 3.